The molecule has 0 N–H and O–H groups in total. The van der Waals surface area contributed by atoms with Gasteiger partial charge in [0, 0.05) is 25.2 Å². The normalized spacial score (nSPS) is 9.73. The maximum absolute atomic E-state index is 11.1. The van der Waals surface area contributed by atoms with E-state index >= 15 is 0 Å². The lowest BCUT2D eigenvalue weighted by atomic mass is 10.5. The zero-order chi connectivity index (χ0) is 8.43. The van der Waals surface area contributed by atoms with Crippen LogP contribution in [0.5, 0.6) is 0 Å². The van der Waals surface area contributed by atoms with Gasteiger partial charge in [-0.2, -0.15) is 0 Å². The quantitative estimate of drug-likeness (QED) is 0.627. The topological polar surface area (TPSA) is 33.2 Å². The van der Waals surface area contributed by atoms with Crippen LogP contribution in [0.3, 0.4) is 0 Å². The van der Waals surface area contributed by atoms with Gasteiger partial charge in [0.15, 0.2) is 5.82 Å². The Bertz CT molecular complexity index is 306. The van der Waals surface area contributed by atoms with E-state index in [-0.39, 0.29) is 4.74 Å². The van der Waals surface area contributed by atoms with Crippen LogP contribution in [0.15, 0.2) is 10.2 Å². The van der Waals surface area contributed by atoms with E-state index in [0.29, 0.717) is 5.82 Å². The average molecular weight is 170 g/mol. The summed E-state index contributed by atoms with van der Waals surface area (Å²) in [5.74, 6) is 0.523. The molecule has 60 valence electrons. The smallest absolute Gasteiger partial charge is 0.274 e. The number of anilines is 1. The molecule has 0 spiro atoms. The van der Waals surface area contributed by atoms with E-state index in [1.807, 2.05) is 21.0 Å². The fraction of sp³-hybridized carbons (Fsp3) is 0.429. The maximum atomic E-state index is 11.1. The summed E-state index contributed by atoms with van der Waals surface area (Å²) in [4.78, 5) is 17.0. The second kappa shape index (κ2) is 3.00. The summed E-state index contributed by atoms with van der Waals surface area (Å²) in [6.07, 6.45) is 0. The molecule has 0 fully saturated rings. The molecule has 0 bridgehead atoms. The van der Waals surface area contributed by atoms with Crippen LogP contribution in [0.25, 0.3) is 0 Å². The lowest BCUT2D eigenvalue weighted by Gasteiger charge is -2.08. The Balaban J connectivity index is 3.24. The predicted octanol–water partition coefficient (Wildman–Crippen LogP) is 0.878. The van der Waals surface area contributed by atoms with Crippen LogP contribution < -0.4 is 9.64 Å². The first-order valence-corrected chi connectivity index (χ1v) is 4.13. The maximum Gasteiger partial charge on any atom is 0.274 e. The highest BCUT2D eigenvalue weighted by molar-refractivity contribution is 7.07. The van der Waals surface area contributed by atoms with Crippen molar-refractivity contribution in [3.8, 4) is 0 Å². The molecule has 0 unspecified atom stereocenters. The second-order valence-corrected chi connectivity index (χ2v) is 3.34. The number of aryl methyl sites for hydroxylation is 1. The van der Waals surface area contributed by atoms with Crippen molar-refractivity contribution in [1.29, 1.82) is 0 Å². The molecule has 0 aliphatic heterocycles. The number of hydrogen-bond acceptors (Lipinski definition) is 4. The first-order chi connectivity index (χ1) is 5.11. The summed E-state index contributed by atoms with van der Waals surface area (Å²) in [7, 11) is 3.63. The van der Waals surface area contributed by atoms with Crippen LogP contribution in [-0.4, -0.2) is 19.1 Å². The van der Waals surface area contributed by atoms with Gasteiger partial charge in [-0.05, 0) is 6.92 Å². The molecule has 0 radical (unpaired) electrons. The van der Waals surface area contributed by atoms with Gasteiger partial charge in [0.1, 0.15) is 0 Å². The van der Waals surface area contributed by atoms with E-state index in [0.717, 1.165) is 5.69 Å². The molecule has 1 heterocycles. The van der Waals surface area contributed by atoms with Gasteiger partial charge in [0.25, 0.3) is 4.74 Å². The molecule has 1 aromatic rings. The van der Waals surface area contributed by atoms with Crippen LogP contribution >= 0.6 is 11.3 Å². The van der Waals surface area contributed by atoms with Crippen molar-refractivity contribution in [2.24, 2.45) is 0 Å². The Morgan fingerprint density at radius 3 is 2.64 bits per heavy atom. The lowest BCUT2D eigenvalue weighted by Crippen LogP contribution is -2.18. The van der Waals surface area contributed by atoms with Crippen molar-refractivity contribution in [1.82, 2.24) is 4.98 Å². The third-order valence-electron chi connectivity index (χ3n) is 1.22. The number of nitrogens with zero attached hydrogens (tertiary/aromatic N) is 2. The van der Waals surface area contributed by atoms with Crippen LogP contribution in [-0.2, 0) is 0 Å². The fourth-order valence-electron chi connectivity index (χ4n) is 0.713. The zero-order valence-electron chi connectivity index (χ0n) is 6.79. The molecular formula is C7H10N2OS. The van der Waals surface area contributed by atoms with Gasteiger partial charge >= 0.3 is 0 Å². The molecule has 0 saturated carbocycles. The average Bonchev–Trinajstić information content (AvgIpc) is 1.94. The first-order valence-electron chi connectivity index (χ1n) is 3.25. The van der Waals surface area contributed by atoms with E-state index < -0.39 is 0 Å². The third-order valence-corrected chi connectivity index (χ3v) is 2.08. The van der Waals surface area contributed by atoms with Crippen molar-refractivity contribution in [3.05, 3.63) is 20.6 Å². The minimum absolute atomic E-state index is 0.0144. The summed E-state index contributed by atoms with van der Waals surface area (Å²) in [6, 6.07) is 0. The zero-order valence-corrected chi connectivity index (χ0v) is 7.60. The molecule has 0 atom stereocenters. The van der Waals surface area contributed by atoms with Crippen molar-refractivity contribution in [2.75, 3.05) is 19.0 Å². The van der Waals surface area contributed by atoms with Gasteiger partial charge in [-0.1, -0.05) is 11.3 Å². The Morgan fingerprint density at radius 1 is 1.55 bits per heavy atom. The van der Waals surface area contributed by atoms with Crippen LogP contribution in [0.2, 0.25) is 0 Å². The number of rotatable bonds is 1. The SMILES string of the molecule is Cc1csc(=O)c(N(C)C)n1. The molecule has 0 aliphatic carbocycles. The highest BCUT2D eigenvalue weighted by atomic mass is 32.1. The Kier molecular flexibility index (Phi) is 2.24. The standard InChI is InChI=1S/C7H10N2OS/c1-5-4-11-7(10)6(8-5)9(2)3/h4H,1-3H3. The highest BCUT2D eigenvalue weighted by Gasteiger charge is 2.02. The van der Waals surface area contributed by atoms with E-state index in [1.54, 1.807) is 10.3 Å². The molecule has 1 aromatic heterocycles. The van der Waals surface area contributed by atoms with Crippen molar-refractivity contribution < 1.29 is 0 Å². The predicted molar refractivity (Wildman–Crippen MR) is 47.4 cm³/mol. The summed E-state index contributed by atoms with van der Waals surface area (Å²) in [6.45, 7) is 1.88. The summed E-state index contributed by atoms with van der Waals surface area (Å²) in [5, 5.41) is 1.76. The highest BCUT2D eigenvalue weighted by Crippen LogP contribution is 2.03. The van der Waals surface area contributed by atoms with Crippen LogP contribution in [0.4, 0.5) is 5.82 Å². The van der Waals surface area contributed by atoms with E-state index in [9.17, 15) is 4.79 Å². The summed E-state index contributed by atoms with van der Waals surface area (Å²) in [5.41, 5.74) is 0.887. The summed E-state index contributed by atoms with van der Waals surface area (Å²) < 4.78 is 0.0144. The van der Waals surface area contributed by atoms with Gasteiger partial charge in [-0.3, -0.25) is 4.79 Å². The van der Waals surface area contributed by atoms with Gasteiger partial charge in [0.05, 0.1) is 0 Å². The Morgan fingerprint density at radius 2 is 2.18 bits per heavy atom. The molecule has 4 heteroatoms. The van der Waals surface area contributed by atoms with Crippen LogP contribution in [0.1, 0.15) is 5.69 Å². The molecule has 0 amide bonds. The van der Waals surface area contributed by atoms with E-state index in [2.05, 4.69) is 4.98 Å². The van der Waals surface area contributed by atoms with E-state index in [1.165, 1.54) is 11.3 Å². The van der Waals surface area contributed by atoms with Crippen molar-refractivity contribution >= 4 is 17.2 Å². The largest absolute Gasteiger partial charge is 0.359 e. The molecule has 0 saturated heterocycles. The molecule has 11 heavy (non-hydrogen) atoms. The molecule has 0 aromatic carbocycles. The van der Waals surface area contributed by atoms with Gasteiger partial charge < -0.3 is 4.90 Å². The van der Waals surface area contributed by atoms with Crippen molar-refractivity contribution in [3.63, 3.8) is 0 Å². The lowest BCUT2D eigenvalue weighted by molar-refractivity contribution is 1.05. The molecule has 0 aliphatic rings. The molecule has 3 nitrogen and oxygen atoms in total. The first kappa shape index (κ1) is 8.20. The molecule has 1 rings (SSSR count). The van der Waals surface area contributed by atoms with Gasteiger partial charge in [-0.25, -0.2) is 4.98 Å². The van der Waals surface area contributed by atoms with E-state index in [4.69, 9.17) is 0 Å². The summed E-state index contributed by atoms with van der Waals surface area (Å²) >= 11 is 1.19. The van der Waals surface area contributed by atoms with Gasteiger partial charge in [-0.15, -0.1) is 0 Å². The fourth-order valence-corrected chi connectivity index (χ4v) is 1.38. The Labute approximate surface area is 69.3 Å². The minimum atomic E-state index is 0.0144. The number of aromatic nitrogens is 1. The third kappa shape index (κ3) is 1.77. The molecular weight excluding hydrogens is 160 g/mol. The Hall–Kier alpha value is -0.900. The number of hydrogen-bond donors (Lipinski definition) is 0. The van der Waals surface area contributed by atoms with Gasteiger partial charge in [0.2, 0.25) is 0 Å². The minimum Gasteiger partial charge on any atom is -0.359 e. The second-order valence-electron chi connectivity index (χ2n) is 2.49. The monoisotopic (exact) mass is 170 g/mol. The van der Waals surface area contributed by atoms with Crippen molar-refractivity contribution in [2.45, 2.75) is 6.92 Å². The van der Waals surface area contributed by atoms with Crippen LogP contribution in [0, 0.1) is 6.92 Å².